The fourth-order valence-electron chi connectivity index (χ4n) is 4.71. The summed E-state index contributed by atoms with van der Waals surface area (Å²) in [6.45, 7) is 7.35. The van der Waals surface area contributed by atoms with Gasteiger partial charge in [-0.15, -0.1) is 0 Å². The number of hydrogen-bond donors (Lipinski definition) is 2. The third-order valence-electron chi connectivity index (χ3n) is 7.12. The molecule has 186 valence electrons. The van der Waals surface area contributed by atoms with Crippen molar-refractivity contribution < 1.29 is 4.79 Å². The number of nitrogens with one attached hydrogen (secondary N) is 2. The molecule has 1 fully saturated rings. The first-order valence-electron chi connectivity index (χ1n) is 12.4. The van der Waals surface area contributed by atoms with Crippen molar-refractivity contribution >= 4 is 40.3 Å². The van der Waals surface area contributed by atoms with Crippen LogP contribution in [0.3, 0.4) is 0 Å². The minimum absolute atomic E-state index is 0.0638. The summed E-state index contributed by atoms with van der Waals surface area (Å²) >= 11 is 0. The zero-order valence-electron chi connectivity index (χ0n) is 21.4. The highest BCUT2D eigenvalue weighted by atomic mass is 16.2. The Morgan fingerprint density at radius 3 is 2.62 bits per heavy atom. The van der Waals surface area contributed by atoms with Gasteiger partial charge in [0.05, 0.1) is 11.3 Å². The van der Waals surface area contributed by atoms with Crippen molar-refractivity contribution in [3.8, 4) is 6.07 Å². The first-order valence-corrected chi connectivity index (χ1v) is 12.4. The number of nitriles is 1. The first-order chi connectivity index (χ1) is 17.9. The molecule has 0 atom stereocenters. The van der Waals surface area contributed by atoms with Gasteiger partial charge >= 0.3 is 0 Å². The Kier molecular flexibility index (Phi) is 6.76. The Labute approximate surface area is 217 Å². The van der Waals surface area contributed by atoms with Gasteiger partial charge in [0.2, 0.25) is 0 Å². The van der Waals surface area contributed by atoms with Crippen LogP contribution in [0.5, 0.6) is 0 Å². The van der Waals surface area contributed by atoms with Gasteiger partial charge in [0.1, 0.15) is 6.07 Å². The van der Waals surface area contributed by atoms with Gasteiger partial charge in [-0.1, -0.05) is 18.2 Å². The molecule has 2 aromatic heterocycles. The molecule has 37 heavy (non-hydrogen) atoms. The standard InChI is InChI=1S/C30H30N6O/c1-20-4-5-23(30(37)36-14-12-35(3)13-15-36)16-22(20)6-7-24-18-32-19-25(17-31)29(24)34-27-8-9-28-26(21(27)2)10-11-33-28/h4-11,16,18-19,33H,12-15H2,1-3H3,(H,32,34)/b7-6+. The second kappa shape index (κ2) is 10.3. The highest BCUT2D eigenvalue weighted by molar-refractivity contribution is 5.95. The van der Waals surface area contributed by atoms with E-state index in [9.17, 15) is 10.1 Å². The number of nitrogens with zero attached hydrogens (tertiary/aromatic N) is 4. The maximum atomic E-state index is 13.1. The van der Waals surface area contributed by atoms with Crippen molar-refractivity contribution in [3.05, 3.63) is 88.4 Å². The highest BCUT2D eigenvalue weighted by Gasteiger charge is 2.20. The normalized spacial score (nSPS) is 14.3. The van der Waals surface area contributed by atoms with Crippen LogP contribution in [0.4, 0.5) is 11.4 Å². The number of hydrogen-bond acceptors (Lipinski definition) is 5. The highest BCUT2D eigenvalue weighted by Crippen LogP contribution is 2.31. The van der Waals surface area contributed by atoms with Crippen molar-refractivity contribution in [1.82, 2.24) is 19.8 Å². The van der Waals surface area contributed by atoms with E-state index in [0.29, 0.717) is 16.8 Å². The van der Waals surface area contributed by atoms with Crippen LogP contribution in [0.2, 0.25) is 0 Å². The molecule has 1 saturated heterocycles. The van der Waals surface area contributed by atoms with E-state index in [1.165, 1.54) is 0 Å². The number of carbonyl (C=O) groups excluding carboxylic acids is 1. The van der Waals surface area contributed by atoms with Gasteiger partial charge in [-0.2, -0.15) is 5.26 Å². The summed E-state index contributed by atoms with van der Waals surface area (Å²) in [6, 6.07) is 14.2. The number of aryl methyl sites for hydroxylation is 2. The molecule has 0 aliphatic carbocycles. The molecule has 3 heterocycles. The quantitative estimate of drug-likeness (QED) is 0.394. The second-order valence-electron chi connectivity index (χ2n) is 9.57. The minimum Gasteiger partial charge on any atom is -0.361 e. The van der Waals surface area contributed by atoms with Crippen LogP contribution in [0.15, 0.2) is 55.0 Å². The van der Waals surface area contributed by atoms with Crippen LogP contribution in [-0.2, 0) is 0 Å². The Bertz CT molecular complexity index is 1540. The van der Waals surface area contributed by atoms with Crippen LogP contribution in [0.25, 0.3) is 23.1 Å². The zero-order chi connectivity index (χ0) is 25.9. The number of aromatic amines is 1. The number of benzene rings is 2. The fraction of sp³-hybridized carbons (Fsp3) is 0.233. The minimum atomic E-state index is 0.0638. The SMILES string of the molecule is Cc1ccc(C(=O)N2CCN(C)CC2)cc1/C=C/c1cncc(C#N)c1Nc1ccc2[nH]ccc2c1C. The van der Waals surface area contributed by atoms with Crippen molar-refractivity contribution in [3.63, 3.8) is 0 Å². The van der Waals surface area contributed by atoms with Crippen molar-refractivity contribution in [2.24, 2.45) is 0 Å². The van der Waals surface area contributed by atoms with Crippen LogP contribution < -0.4 is 5.32 Å². The molecule has 7 nitrogen and oxygen atoms in total. The lowest BCUT2D eigenvalue weighted by Crippen LogP contribution is -2.47. The summed E-state index contributed by atoms with van der Waals surface area (Å²) < 4.78 is 0. The number of aromatic nitrogens is 2. The first kappa shape index (κ1) is 24.3. The molecule has 1 amide bonds. The average Bonchev–Trinajstić information content (AvgIpc) is 3.40. The Balaban J connectivity index is 1.45. The van der Waals surface area contributed by atoms with E-state index in [4.69, 9.17) is 0 Å². The molecular formula is C30H30N6O. The average molecular weight is 491 g/mol. The number of pyridine rings is 1. The van der Waals surface area contributed by atoms with Crippen LogP contribution in [0, 0.1) is 25.2 Å². The lowest BCUT2D eigenvalue weighted by molar-refractivity contribution is 0.0664. The smallest absolute Gasteiger partial charge is 0.253 e. The molecule has 2 N–H and O–H groups in total. The van der Waals surface area contributed by atoms with E-state index in [1.54, 1.807) is 12.4 Å². The van der Waals surface area contributed by atoms with Gasteiger partial charge < -0.3 is 20.1 Å². The second-order valence-corrected chi connectivity index (χ2v) is 9.57. The molecule has 0 saturated carbocycles. The van der Waals surface area contributed by atoms with Crippen molar-refractivity contribution in [1.29, 1.82) is 5.26 Å². The third-order valence-corrected chi connectivity index (χ3v) is 7.12. The lowest BCUT2D eigenvalue weighted by atomic mass is 10.0. The van der Waals surface area contributed by atoms with Gasteiger partial charge in [0.25, 0.3) is 5.91 Å². The molecule has 0 spiro atoms. The summed E-state index contributed by atoms with van der Waals surface area (Å²) in [7, 11) is 2.08. The number of likely N-dealkylation sites (N-methyl/N-ethyl adjacent to an activating group) is 1. The molecule has 0 unspecified atom stereocenters. The van der Waals surface area contributed by atoms with E-state index in [-0.39, 0.29) is 5.91 Å². The molecule has 5 rings (SSSR count). The Morgan fingerprint density at radius 1 is 1.05 bits per heavy atom. The maximum absolute atomic E-state index is 13.1. The Morgan fingerprint density at radius 2 is 1.84 bits per heavy atom. The van der Waals surface area contributed by atoms with E-state index >= 15 is 0 Å². The van der Waals surface area contributed by atoms with Gasteiger partial charge in [-0.25, -0.2) is 0 Å². The number of rotatable bonds is 5. The van der Waals surface area contributed by atoms with Gasteiger partial charge in [-0.3, -0.25) is 9.78 Å². The molecule has 0 radical (unpaired) electrons. The summed E-state index contributed by atoms with van der Waals surface area (Å²) in [5, 5.41) is 14.4. The number of carbonyl (C=O) groups is 1. The maximum Gasteiger partial charge on any atom is 0.253 e. The lowest BCUT2D eigenvalue weighted by Gasteiger charge is -2.32. The number of anilines is 2. The van der Waals surface area contributed by atoms with Crippen LogP contribution in [-0.4, -0.2) is 58.9 Å². The monoisotopic (exact) mass is 490 g/mol. The predicted octanol–water partition coefficient (Wildman–Crippen LogP) is 5.35. The molecule has 1 aliphatic rings. The molecule has 7 heteroatoms. The number of amides is 1. The van der Waals surface area contributed by atoms with Crippen LogP contribution in [0.1, 0.15) is 38.2 Å². The fourth-order valence-corrected chi connectivity index (χ4v) is 4.71. The topological polar surface area (TPSA) is 88.1 Å². The summed E-state index contributed by atoms with van der Waals surface area (Å²) in [6.07, 6.45) is 9.19. The van der Waals surface area contributed by atoms with E-state index in [1.807, 2.05) is 66.6 Å². The molecule has 1 aliphatic heterocycles. The molecule has 2 aromatic carbocycles. The zero-order valence-corrected chi connectivity index (χ0v) is 21.4. The van der Waals surface area contributed by atoms with Gasteiger partial charge in [-0.05, 0) is 67.9 Å². The summed E-state index contributed by atoms with van der Waals surface area (Å²) in [5.74, 6) is 0.0638. The molecule has 4 aromatic rings. The van der Waals surface area contributed by atoms with Crippen molar-refractivity contribution in [2.75, 3.05) is 38.5 Å². The predicted molar refractivity (Wildman–Crippen MR) is 149 cm³/mol. The van der Waals surface area contributed by atoms with E-state index in [0.717, 1.165) is 65.0 Å². The van der Waals surface area contributed by atoms with E-state index in [2.05, 4.69) is 40.2 Å². The van der Waals surface area contributed by atoms with Crippen LogP contribution >= 0.6 is 0 Å². The summed E-state index contributed by atoms with van der Waals surface area (Å²) in [4.78, 5) is 24.8. The largest absolute Gasteiger partial charge is 0.361 e. The van der Waals surface area contributed by atoms with Crippen molar-refractivity contribution in [2.45, 2.75) is 13.8 Å². The molecular weight excluding hydrogens is 460 g/mol. The van der Waals surface area contributed by atoms with E-state index < -0.39 is 0 Å². The number of fused-ring (bicyclic) bond motifs is 1. The van der Waals surface area contributed by atoms with Gasteiger partial charge in [0, 0.05) is 72.5 Å². The molecule has 0 bridgehead atoms. The summed E-state index contributed by atoms with van der Waals surface area (Å²) in [5.41, 5.74) is 7.77. The van der Waals surface area contributed by atoms with Gasteiger partial charge in [0.15, 0.2) is 0 Å². The Hall–Kier alpha value is -4.41. The number of piperazine rings is 1. The number of H-pyrrole nitrogens is 1. The third kappa shape index (κ3) is 4.97.